The van der Waals surface area contributed by atoms with Gasteiger partial charge in [-0.15, -0.1) is 0 Å². The number of nitrogens with one attached hydrogen (secondary N) is 1. The first-order valence-corrected chi connectivity index (χ1v) is 5.39. The molecule has 0 spiro atoms. The number of rotatable bonds is 5. The van der Waals surface area contributed by atoms with Crippen LogP contribution < -0.4 is 5.32 Å². The molecule has 1 rings (SSSR count). The predicted octanol–water partition coefficient (Wildman–Crippen LogP) is 2.11. The van der Waals surface area contributed by atoms with Gasteiger partial charge < -0.3 is 15.2 Å². The highest BCUT2D eigenvalue weighted by atomic mass is 16.5. The SMILES string of the molecule is C=CCOC(=O)NCc1ccc(C(=O)O)cc1C. The maximum absolute atomic E-state index is 11.2. The summed E-state index contributed by atoms with van der Waals surface area (Å²) < 4.78 is 4.75. The van der Waals surface area contributed by atoms with E-state index in [1.165, 1.54) is 12.1 Å². The van der Waals surface area contributed by atoms with Crippen molar-refractivity contribution >= 4 is 12.1 Å². The Morgan fingerprint density at radius 3 is 2.78 bits per heavy atom. The van der Waals surface area contributed by atoms with E-state index in [9.17, 15) is 9.59 Å². The van der Waals surface area contributed by atoms with Crippen LogP contribution in [-0.2, 0) is 11.3 Å². The lowest BCUT2D eigenvalue weighted by molar-refractivity contribution is 0.0696. The fourth-order valence-electron chi connectivity index (χ4n) is 1.38. The molecule has 1 aromatic carbocycles. The molecule has 1 amide bonds. The van der Waals surface area contributed by atoms with Gasteiger partial charge in [-0.2, -0.15) is 0 Å². The standard InChI is InChI=1S/C13H15NO4/c1-3-6-18-13(17)14-8-11-5-4-10(12(15)16)7-9(11)2/h3-5,7H,1,6,8H2,2H3,(H,14,17)(H,15,16). The number of amides is 1. The van der Waals surface area contributed by atoms with Gasteiger partial charge in [0.1, 0.15) is 6.61 Å². The summed E-state index contributed by atoms with van der Waals surface area (Å²) in [6.07, 6.45) is 0.948. The van der Waals surface area contributed by atoms with Gasteiger partial charge in [-0.3, -0.25) is 0 Å². The molecule has 0 saturated carbocycles. The molecule has 0 bridgehead atoms. The second kappa shape index (κ2) is 6.44. The molecule has 5 nitrogen and oxygen atoms in total. The Morgan fingerprint density at radius 1 is 1.50 bits per heavy atom. The third kappa shape index (κ3) is 3.93. The van der Waals surface area contributed by atoms with Crippen molar-refractivity contribution in [1.82, 2.24) is 5.32 Å². The fraction of sp³-hybridized carbons (Fsp3) is 0.231. The molecule has 0 unspecified atom stereocenters. The van der Waals surface area contributed by atoms with E-state index in [4.69, 9.17) is 9.84 Å². The van der Waals surface area contributed by atoms with Gasteiger partial charge in [0.05, 0.1) is 5.56 Å². The van der Waals surface area contributed by atoms with E-state index in [1.807, 2.05) is 0 Å². The topological polar surface area (TPSA) is 75.6 Å². The molecule has 0 aliphatic rings. The molecule has 18 heavy (non-hydrogen) atoms. The van der Waals surface area contributed by atoms with Crippen molar-refractivity contribution in [1.29, 1.82) is 0 Å². The number of carboxylic acids is 1. The summed E-state index contributed by atoms with van der Waals surface area (Å²) >= 11 is 0. The monoisotopic (exact) mass is 249 g/mol. The first-order valence-electron chi connectivity index (χ1n) is 5.39. The number of carbonyl (C=O) groups is 2. The molecule has 0 fully saturated rings. The van der Waals surface area contributed by atoms with Gasteiger partial charge in [-0.1, -0.05) is 18.7 Å². The van der Waals surface area contributed by atoms with Crippen LogP contribution in [0, 0.1) is 6.92 Å². The molecule has 5 heteroatoms. The minimum absolute atomic E-state index is 0.156. The van der Waals surface area contributed by atoms with Crippen LogP contribution in [0.1, 0.15) is 21.5 Å². The summed E-state index contributed by atoms with van der Waals surface area (Å²) in [5, 5.41) is 11.4. The lowest BCUT2D eigenvalue weighted by atomic mass is 10.1. The minimum atomic E-state index is -0.969. The molecule has 0 atom stereocenters. The zero-order valence-corrected chi connectivity index (χ0v) is 10.1. The van der Waals surface area contributed by atoms with E-state index < -0.39 is 12.1 Å². The number of alkyl carbamates (subject to hydrolysis) is 1. The van der Waals surface area contributed by atoms with E-state index >= 15 is 0 Å². The number of aromatic carboxylic acids is 1. The van der Waals surface area contributed by atoms with Crippen LogP contribution in [0.5, 0.6) is 0 Å². The number of carbonyl (C=O) groups excluding carboxylic acids is 1. The van der Waals surface area contributed by atoms with E-state index in [0.717, 1.165) is 11.1 Å². The molecule has 0 aliphatic heterocycles. The van der Waals surface area contributed by atoms with Crippen molar-refractivity contribution in [2.45, 2.75) is 13.5 Å². The Balaban J connectivity index is 2.60. The normalized spacial score (nSPS) is 9.61. The lowest BCUT2D eigenvalue weighted by Crippen LogP contribution is -2.24. The van der Waals surface area contributed by atoms with Crippen LogP contribution in [0.3, 0.4) is 0 Å². The summed E-state index contributed by atoms with van der Waals surface area (Å²) in [5.74, 6) is -0.969. The molecule has 0 aromatic heterocycles. The van der Waals surface area contributed by atoms with Crippen molar-refractivity contribution in [3.63, 3.8) is 0 Å². The van der Waals surface area contributed by atoms with Gasteiger partial charge in [0.15, 0.2) is 0 Å². The fourth-order valence-corrected chi connectivity index (χ4v) is 1.38. The number of carboxylic acid groups (broad SMARTS) is 1. The van der Waals surface area contributed by atoms with Gasteiger partial charge in [0.25, 0.3) is 0 Å². The van der Waals surface area contributed by atoms with Gasteiger partial charge in [0, 0.05) is 6.54 Å². The molecule has 0 aliphatic carbocycles. The number of hydrogen-bond acceptors (Lipinski definition) is 3. The Hall–Kier alpha value is -2.30. The Bertz CT molecular complexity index is 468. The second-order valence-electron chi connectivity index (χ2n) is 3.69. The van der Waals surface area contributed by atoms with Crippen LogP contribution in [0.25, 0.3) is 0 Å². The lowest BCUT2D eigenvalue weighted by Gasteiger charge is -2.08. The first-order chi connectivity index (χ1) is 8.54. The van der Waals surface area contributed by atoms with Gasteiger partial charge in [0.2, 0.25) is 0 Å². The Kier molecular flexibility index (Phi) is 4.92. The van der Waals surface area contributed by atoms with Crippen molar-refractivity contribution < 1.29 is 19.4 Å². The van der Waals surface area contributed by atoms with Gasteiger partial charge in [-0.25, -0.2) is 9.59 Å². The smallest absolute Gasteiger partial charge is 0.407 e. The van der Waals surface area contributed by atoms with Gasteiger partial charge >= 0.3 is 12.1 Å². The molecule has 2 N–H and O–H groups in total. The number of hydrogen-bond donors (Lipinski definition) is 2. The molecular formula is C13H15NO4. The van der Waals surface area contributed by atoms with Crippen molar-refractivity contribution in [3.05, 3.63) is 47.5 Å². The Morgan fingerprint density at radius 2 is 2.22 bits per heavy atom. The maximum Gasteiger partial charge on any atom is 0.407 e. The first kappa shape index (κ1) is 13.8. The number of aryl methyl sites for hydroxylation is 1. The quantitative estimate of drug-likeness (QED) is 0.783. The van der Waals surface area contributed by atoms with Crippen molar-refractivity contribution in [3.8, 4) is 0 Å². The average molecular weight is 249 g/mol. The Labute approximate surface area is 105 Å². The molecular weight excluding hydrogens is 234 g/mol. The van der Waals surface area contributed by atoms with Crippen LogP contribution in [0.2, 0.25) is 0 Å². The van der Waals surface area contributed by atoms with Crippen LogP contribution in [0.4, 0.5) is 4.79 Å². The molecule has 1 aromatic rings. The number of ether oxygens (including phenoxy) is 1. The van der Waals surface area contributed by atoms with E-state index in [1.54, 1.807) is 19.1 Å². The zero-order chi connectivity index (χ0) is 13.5. The highest BCUT2D eigenvalue weighted by molar-refractivity contribution is 5.87. The van der Waals surface area contributed by atoms with Crippen LogP contribution in [-0.4, -0.2) is 23.8 Å². The van der Waals surface area contributed by atoms with Crippen LogP contribution >= 0.6 is 0 Å². The molecule has 0 radical (unpaired) electrons. The third-order valence-electron chi connectivity index (χ3n) is 2.35. The molecule has 0 saturated heterocycles. The largest absolute Gasteiger partial charge is 0.478 e. The summed E-state index contributed by atoms with van der Waals surface area (Å²) in [5.41, 5.74) is 1.87. The summed E-state index contributed by atoms with van der Waals surface area (Å²) in [6, 6.07) is 4.74. The highest BCUT2D eigenvalue weighted by Crippen LogP contribution is 2.11. The second-order valence-corrected chi connectivity index (χ2v) is 3.69. The summed E-state index contributed by atoms with van der Waals surface area (Å²) in [6.45, 7) is 5.67. The molecule has 96 valence electrons. The van der Waals surface area contributed by atoms with E-state index in [0.29, 0.717) is 6.54 Å². The van der Waals surface area contributed by atoms with Crippen molar-refractivity contribution in [2.75, 3.05) is 6.61 Å². The third-order valence-corrected chi connectivity index (χ3v) is 2.35. The van der Waals surface area contributed by atoms with Crippen molar-refractivity contribution in [2.24, 2.45) is 0 Å². The van der Waals surface area contributed by atoms with E-state index in [2.05, 4.69) is 11.9 Å². The summed E-state index contributed by atoms with van der Waals surface area (Å²) in [4.78, 5) is 21.9. The molecule has 0 heterocycles. The average Bonchev–Trinajstić information content (AvgIpc) is 2.34. The minimum Gasteiger partial charge on any atom is -0.478 e. The summed E-state index contributed by atoms with van der Waals surface area (Å²) in [7, 11) is 0. The van der Waals surface area contributed by atoms with Crippen LogP contribution in [0.15, 0.2) is 30.9 Å². The zero-order valence-electron chi connectivity index (χ0n) is 10.1. The van der Waals surface area contributed by atoms with Gasteiger partial charge in [-0.05, 0) is 30.2 Å². The maximum atomic E-state index is 11.2. The highest BCUT2D eigenvalue weighted by Gasteiger charge is 2.07. The predicted molar refractivity (Wildman–Crippen MR) is 66.5 cm³/mol. The van der Waals surface area contributed by atoms with E-state index in [-0.39, 0.29) is 12.2 Å². The number of benzene rings is 1.